The minimum atomic E-state index is -0.777. The minimum Gasteiger partial charge on any atom is -0.462 e. The molecule has 0 saturated carbocycles. The zero-order valence-electron chi connectivity index (χ0n) is 45.6. The number of carbonyl (C=O) groups is 3. The maximum Gasteiger partial charge on any atom is 0.306 e. The van der Waals surface area contributed by atoms with Crippen molar-refractivity contribution in [2.75, 3.05) is 13.2 Å². The summed E-state index contributed by atoms with van der Waals surface area (Å²) in [7, 11) is 0. The van der Waals surface area contributed by atoms with Crippen LogP contribution in [0.4, 0.5) is 0 Å². The van der Waals surface area contributed by atoms with Crippen molar-refractivity contribution >= 4 is 17.9 Å². The van der Waals surface area contributed by atoms with Gasteiger partial charge in [0.05, 0.1) is 0 Å². The van der Waals surface area contributed by atoms with Gasteiger partial charge in [-0.3, -0.25) is 14.4 Å². The molecule has 398 valence electrons. The number of esters is 3. The van der Waals surface area contributed by atoms with Gasteiger partial charge in [-0.05, 0) is 89.9 Å². The molecule has 0 aliphatic carbocycles. The normalized spacial score (nSPS) is 12.6. The van der Waals surface area contributed by atoms with Crippen molar-refractivity contribution in [3.63, 3.8) is 0 Å². The summed E-state index contributed by atoms with van der Waals surface area (Å²) in [6, 6.07) is 0. The molecule has 6 nitrogen and oxygen atoms in total. The summed E-state index contributed by atoms with van der Waals surface area (Å²) in [6.45, 7) is 6.49. The summed E-state index contributed by atoms with van der Waals surface area (Å²) >= 11 is 0. The van der Waals surface area contributed by atoms with E-state index in [2.05, 4.69) is 93.7 Å². The SMILES string of the molecule is CC/C=C\C/C=C\C/C=C\C/C=C\CCCCCCCCCCCCCCC(=O)OCC(COC(=O)CCCCCCCCCC)OC(=O)CCCCCCCCC/C=C\C/C=C\CCCCCC. The molecule has 0 N–H and O–H groups in total. The summed E-state index contributed by atoms with van der Waals surface area (Å²) in [5.74, 6) is -0.882. The molecule has 0 aliphatic rings. The Balaban J connectivity index is 4.20. The van der Waals surface area contributed by atoms with Crippen molar-refractivity contribution < 1.29 is 28.6 Å². The Kier molecular flexibility index (Phi) is 54.8. The molecule has 6 heteroatoms. The predicted molar refractivity (Wildman–Crippen MR) is 298 cm³/mol. The molecule has 0 aromatic heterocycles. The van der Waals surface area contributed by atoms with Gasteiger partial charge >= 0.3 is 17.9 Å². The molecule has 0 radical (unpaired) electrons. The largest absolute Gasteiger partial charge is 0.462 e. The Morgan fingerprint density at radius 1 is 0.304 bits per heavy atom. The predicted octanol–water partition coefficient (Wildman–Crippen LogP) is 19.8. The Morgan fingerprint density at radius 3 is 0.899 bits per heavy atom. The van der Waals surface area contributed by atoms with Crippen LogP contribution in [0.3, 0.4) is 0 Å². The van der Waals surface area contributed by atoms with Gasteiger partial charge in [0.2, 0.25) is 0 Å². The first-order valence-corrected chi connectivity index (χ1v) is 29.4. The van der Waals surface area contributed by atoms with Crippen LogP contribution in [-0.4, -0.2) is 37.2 Å². The van der Waals surface area contributed by atoms with Crippen molar-refractivity contribution in [3.05, 3.63) is 72.9 Å². The van der Waals surface area contributed by atoms with Crippen LogP contribution in [0.1, 0.15) is 290 Å². The molecule has 0 aliphatic heterocycles. The van der Waals surface area contributed by atoms with Gasteiger partial charge in [0.25, 0.3) is 0 Å². The van der Waals surface area contributed by atoms with Crippen LogP contribution in [0.5, 0.6) is 0 Å². The van der Waals surface area contributed by atoms with Crippen LogP contribution < -0.4 is 0 Å². The molecule has 0 spiro atoms. The van der Waals surface area contributed by atoms with E-state index in [0.29, 0.717) is 19.3 Å². The smallest absolute Gasteiger partial charge is 0.306 e. The van der Waals surface area contributed by atoms with Crippen molar-refractivity contribution in [1.82, 2.24) is 0 Å². The number of hydrogen-bond donors (Lipinski definition) is 0. The van der Waals surface area contributed by atoms with E-state index in [1.54, 1.807) is 0 Å². The van der Waals surface area contributed by atoms with Crippen molar-refractivity contribution in [3.8, 4) is 0 Å². The molecular weight excluding hydrogens is 853 g/mol. The molecule has 0 bridgehead atoms. The number of allylic oxidation sites excluding steroid dienone is 12. The van der Waals surface area contributed by atoms with E-state index in [9.17, 15) is 14.4 Å². The average molecular weight is 964 g/mol. The minimum absolute atomic E-state index is 0.0768. The highest BCUT2D eigenvalue weighted by molar-refractivity contribution is 5.71. The molecule has 0 saturated heterocycles. The molecule has 1 atom stereocenters. The first kappa shape index (κ1) is 65.8. The van der Waals surface area contributed by atoms with Gasteiger partial charge in [-0.1, -0.05) is 254 Å². The van der Waals surface area contributed by atoms with E-state index < -0.39 is 6.10 Å². The number of unbranched alkanes of at least 4 members (excludes halogenated alkanes) is 30. The fraction of sp³-hybridized carbons (Fsp3) is 0.762. The van der Waals surface area contributed by atoms with E-state index in [1.807, 2.05) is 0 Å². The maximum absolute atomic E-state index is 12.8. The molecule has 0 heterocycles. The quantitative estimate of drug-likeness (QED) is 0.0262. The van der Waals surface area contributed by atoms with Crippen LogP contribution in [-0.2, 0) is 28.6 Å². The van der Waals surface area contributed by atoms with E-state index in [1.165, 1.54) is 154 Å². The first-order valence-electron chi connectivity index (χ1n) is 29.4. The summed E-state index contributed by atoms with van der Waals surface area (Å²) in [4.78, 5) is 38.0. The van der Waals surface area contributed by atoms with Crippen molar-refractivity contribution in [1.29, 1.82) is 0 Å². The number of carbonyl (C=O) groups excluding carboxylic acids is 3. The lowest BCUT2D eigenvalue weighted by Crippen LogP contribution is -2.30. The van der Waals surface area contributed by atoms with E-state index >= 15 is 0 Å². The van der Waals surface area contributed by atoms with Gasteiger partial charge in [0.1, 0.15) is 13.2 Å². The van der Waals surface area contributed by atoms with Gasteiger partial charge in [0.15, 0.2) is 6.10 Å². The Labute approximate surface area is 427 Å². The lowest BCUT2D eigenvalue weighted by molar-refractivity contribution is -0.167. The fourth-order valence-corrected chi connectivity index (χ4v) is 8.29. The van der Waals surface area contributed by atoms with Crippen LogP contribution in [0.2, 0.25) is 0 Å². The summed E-state index contributed by atoms with van der Waals surface area (Å²) in [6.07, 6.45) is 73.4. The highest BCUT2D eigenvalue weighted by Crippen LogP contribution is 2.16. The number of ether oxygens (including phenoxy) is 3. The fourth-order valence-electron chi connectivity index (χ4n) is 8.29. The van der Waals surface area contributed by atoms with E-state index in [4.69, 9.17) is 14.2 Å². The van der Waals surface area contributed by atoms with Crippen LogP contribution in [0, 0.1) is 0 Å². The lowest BCUT2D eigenvalue weighted by Gasteiger charge is -2.18. The second-order valence-corrected chi connectivity index (χ2v) is 19.5. The van der Waals surface area contributed by atoms with Gasteiger partial charge in [0, 0.05) is 19.3 Å². The van der Waals surface area contributed by atoms with Crippen LogP contribution in [0.15, 0.2) is 72.9 Å². The monoisotopic (exact) mass is 963 g/mol. The van der Waals surface area contributed by atoms with Gasteiger partial charge in [-0.25, -0.2) is 0 Å². The zero-order valence-corrected chi connectivity index (χ0v) is 45.6. The molecule has 1 unspecified atom stereocenters. The van der Waals surface area contributed by atoms with Gasteiger partial charge in [-0.15, -0.1) is 0 Å². The molecule has 0 aromatic carbocycles. The molecule has 69 heavy (non-hydrogen) atoms. The summed E-state index contributed by atoms with van der Waals surface area (Å²) in [5.41, 5.74) is 0. The molecule has 0 rings (SSSR count). The summed E-state index contributed by atoms with van der Waals surface area (Å²) < 4.78 is 16.8. The zero-order chi connectivity index (χ0) is 50.0. The van der Waals surface area contributed by atoms with E-state index in [-0.39, 0.29) is 31.1 Å². The standard InChI is InChI=1S/C63H110O6/c1-4-7-10-13-16-19-21-23-25-27-29-30-31-32-33-34-35-37-38-40-42-44-47-50-53-56-62(65)68-59-60(58-67-61(64)55-52-49-46-18-15-12-9-6-3)69-63(66)57-54-51-48-45-43-41-39-36-28-26-24-22-20-17-14-11-8-5-2/h7,10,16,19-20,22-23,25-26,28-30,60H,4-6,8-9,11-15,17-18,21,24,27,31-59H2,1-3H3/b10-7-,19-16-,22-20-,25-23-,28-26-,30-29-. The third-order valence-corrected chi connectivity index (χ3v) is 12.7. The van der Waals surface area contributed by atoms with Crippen LogP contribution >= 0.6 is 0 Å². The van der Waals surface area contributed by atoms with E-state index in [0.717, 1.165) is 96.3 Å². The average Bonchev–Trinajstić information content (AvgIpc) is 3.35. The molecule has 0 amide bonds. The lowest BCUT2D eigenvalue weighted by atomic mass is 10.0. The highest BCUT2D eigenvalue weighted by Gasteiger charge is 2.19. The number of rotatable bonds is 53. The second-order valence-electron chi connectivity index (χ2n) is 19.5. The van der Waals surface area contributed by atoms with Crippen molar-refractivity contribution in [2.45, 2.75) is 297 Å². The topological polar surface area (TPSA) is 78.9 Å². The molecule has 0 aromatic rings. The second kappa shape index (κ2) is 57.4. The van der Waals surface area contributed by atoms with Gasteiger partial charge in [-0.2, -0.15) is 0 Å². The molecule has 0 fully saturated rings. The van der Waals surface area contributed by atoms with Gasteiger partial charge < -0.3 is 14.2 Å². The maximum atomic E-state index is 12.8. The third-order valence-electron chi connectivity index (χ3n) is 12.7. The summed E-state index contributed by atoms with van der Waals surface area (Å²) in [5, 5.41) is 0. The van der Waals surface area contributed by atoms with Crippen molar-refractivity contribution in [2.24, 2.45) is 0 Å². The number of hydrogen-bond acceptors (Lipinski definition) is 6. The van der Waals surface area contributed by atoms with Crippen LogP contribution in [0.25, 0.3) is 0 Å². The Morgan fingerprint density at radius 2 is 0.565 bits per heavy atom. The Bertz CT molecular complexity index is 1290. The third kappa shape index (κ3) is 55.6. The first-order chi connectivity index (χ1) is 34.0. The highest BCUT2D eigenvalue weighted by atomic mass is 16.6. The Hall–Kier alpha value is -3.15. The molecular formula is C63H110O6.